The second-order valence-electron chi connectivity index (χ2n) is 6.79. The van der Waals surface area contributed by atoms with E-state index in [1.807, 2.05) is 25.2 Å². The Hall–Kier alpha value is -2.48. The smallest absolute Gasteiger partial charge is 0.268 e. The van der Waals surface area contributed by atoms with Gasteiger partial charge in [0.2, 0.25) is 0 Å². The van der Waals surface area contributed by atoms with Gasteiger partial charge in [-0.2, -0.15) is 5.26 Å². The van der Waals surface area contributed by atoms with Crippen LogP contribution in [-0.4, -0.2) is 25.1 Å². The van der Waals surface area contributed by atoms with Crippen LogP contribution < -0.4 is 15.8 Å². The van der Waals surface area contributed by atoms with E-state index in [0.717, 1.165) is 48.2 Å². The van der Waals surface area contributed by atoms with Gasteiger partial charge in [-0.1, -0.05) is 0 Å². The molecule has 1 aliphatic heterocycles. The molecule has 1 spiro atoms. The molecule has 0 atom stereocenters. The second kappa shape index (κ2) is 5.02. The van der Waals surface area contributed by atoms with Crippen LogP contribution in [0.2, 0.25) is 0 Å². The topological polar surface area (TPSA) is 71.9 Å². The van der Waals surface area contributed by atoms with Gasteiger partial charge in [0.25, 0.3) is 5.56 Å². The lowest BCUT2D eigenvalue weighted by Crippen LogP contribution is -2.36. The van der Waals surface area contributed by atoms with Crippen molar-refractivity contribution in [3.05, 3.63) is 34.1 Å². The van der Waals surface area contributed by atoms with E-state index in [0.29, 0.717) is 5.41 Å². The van der Waals surface area contributed by atoms with E-state index in [9.17, 15) is 10.1 Å². The van der Waals surface area contributed by atoms with Gasteiger partial charge >= 0.3 is 0 Å². The second-order valence-corrected chi connectivity index (χ2v) is 6.79. The van der Waals surface area contributed by atoms with Crippen molar-refractivity contribution < 1.29 is 0 Å². The number of anilines is 2. The molecule has 2 aliphatic rings. The van der Waals surface area contributed by atoms with Crippen molar-refractivity contribution in [1.29, 1.82) is 5.26 Å². The zero-order chi connectivity index (χ0) is 16.0. The van der Waals surface area contributed by atoms with Crippen LogP contribution in [0.25, 0.3) is 10.9 Å². The summed E-state index contributed by atoms with van der Waals surface area (Å²) < 4.78 is 0. The maximum atomic E-state index is 12.3. The van der Waals surface area contributed by atoms with Gasteiger partial charge in [-0.25, -0.2) is 0 Å². The number of nitriles is 1. The van der Waals surface area contributed by atoms with Gasteiger partial charge in [-0.3, -0.25) is 4.79 Å². The molecule has 2 aromatic rings. The first-order valence-electron chi connectivity index (χ1n) is 8.19. The summed E-state index contributed by atoms with van der Waals surface area (Å²) in [7, 11) is 1.87. The monoisotopic (exact) mass is 308 g/mol. The minimum atomic E-state index is -0.293. The summed E-state index contributed by atoms with van der Waals surface area (Å²) in [5, 5.41) is 13.6. The fourth-order valence-electron chi connectivity index (χ4n) is 3.75. The summed E-state index contributed by atoms with van der Waals surface area (Å²) in [5.74, 6) is 0. The van der Waals surface area contributed by atoms with Crippen LogP contribution in [0.3, 0.4) is 0 Å². The molecule has 1 saturated carbocycles. The lowest BCUT2D eigenvalue weighted by atomic mass is 9.92. The van der Waals surface area contributed by atoms with Gasteiger partial charge < -0.3 is 15.2 Å². The number of benzene rings is 1. The van der Waals surface area contributed by atoms with Crippen molar-refractivity contribution in [2.75, 3.05) is 30.4 Å². The Bertz CT molecular complexity index is 863. The average Bonchev–Trinajstić information content (AvgIpc) is 3.33. The van der Waals surface area contributed by atoms with Crippen LogP contribution in [0.15, 0.2) is 23.0 Å². The quantitative estimate of drug-likeness (QED) is 0.895. The van der Waals surface area contributed by atoms with E-state index in [4.69, 9.17) is 0 Å². The van der Waals surface area contributed by atoms with Gasteiger partial charge in [0.1, 0.15) is 11.6 Å². The molecule has 4 rings (SSSR count). The fourth-order valence-corrected chi connectivity index (χ4v) is 3.75. The van der Waals surface area contributed by atoms with E-state index < -0.39 is 0 Å². The predicted octanol–water partition coefficient (Wildman–Crippen LogP) is 2.82. The third-order valence-corrected chi connectivity index (χ3v) is 5.48. The van der Waals surface area contributed by atoms with E-state index in [1.165, 1.54) is 12.8 Å². The maximum absolute atomic E-state index is 12.3. The fraction of sp³-hybridized carbons (Fsp3) is 0.444. The highest BCUT2D eigenvalue weighted by Crippen LogP contribution is 2.54. The largest absolute Gasteiger partial charge is 0.388 e. The lowest BCUT2D eigenvalue weighted by Gasteiger charge is -2.34. The number of hydrogen-bond acceptors (Lipinski definition) is 4. The molecule has 5 nitrogen and oxygen atoms in total. The molecule has 23 heavy (non-hydrogen) atoms. The molecule has 118 valence electrons. The maximum Gasteiger partial charge on any atom is 0.268 e. The van der Waals surface area contributed by atoms with Crippen LogP contribution in [0.4, 0.5) is 11.4 Å². The highest BCUT2D eigenvalue weighted by atomic mass is 16.1. The standard InChI is InChI=1S/C18H20N4O/c1-20-12-2-3-15-13(10-12)16(14(11-19)17(23)21-15)22-8-6-18(4-5-18)7-9-22/h2-3,10,20H,4-9H2,1H3,(H,21,23). The number of piperidine rings is 1. The molecule has 0 bridgehead atoms. The number of hydrogen-bond donors (Lipinski definition) is 2. The van der Waals surface area contributed by atoms with Gasteiger partial charge in [0.15, 0.2) is 0 Å². The first kappa shape index (κ1) is 14.1. The van der Waals surface area contributed by atoms with Crippen molar-refractivity contribution in [1.82, 2.24) is 4.98 Å². The highest BCUT2D eigenvalue weighted by Gasteiger charge is 2.44. The molecule has 1 aromatic carbocycles. The molecule has 2 heterocycles. The normalized spacial score (nSPS) is 18.9. The number of fused-ring (bicyclic) bond motifs is 1. The zero-order valence-electron chi connectivity index (χ0n) is 13.3. The van der Waals surface area contributed by atoms with Crippen LogP contribution in [0, 0.1) is 16.7 Å². The Morgan fingerprint density at radius 2 is 2.00 bits per heavy atom. The van der Waals surface area contributed by atoms with Crippen LogP contribution in [-0.2, 0) is 0 Å². The Morgan fingerprint density at radius 3 is 2.61 bits per heavy atom. The Balaban J connectivity index is 1.88. The summed E-state index contributed by atoms with van der Waals surface area (Å²) in [6, 6.07) is 7.97. The Kier molecular flexibility index (Phi) is 3.08. The molecule has 5 heteroatoms. The number of nitrogens with zero attached hydrogens (tertiary/aromatic N) is 2. The number of aromatic nitrogens is 1. The highest BCUT2D eigenvalue weighted by molar-refractivity contribution is 5.96. The van der Waals surface area contributed by atoms with Crippen LogP contribution >= 0.6 is 0 Å². The molecular formula is C18H20N4O. The first-order valence-corrected chi connectivity index (χ1v) is 8.19. The van der Waals surface area contributed by atoms with Crippen molar-refractivity contribution in [2.45, 2.75) is 25.7 Å². The first-order chi connectivity index (χ1) is 11.2. The molecule has 1 aromatic heterocycles. The van der Waals surface area contributed by atoms with Crippen molar-refractivity contribution in [3.63, 3.8) is 0 Å². The van der Waals surface area contributed by atoms with E-state index >= 15 is 0 Å². The summed E-state index contributed by atoms with van der Waals surface area (Å²) in [6.45, 7) is 1.86. The number of rotatable bonds is 2. The van der Waals surface area contributed by atoms with Crippen LogP contribution in [0.5, 0.6) is 0 Å². The van der Waals surface area contributed by atoms with Gasteiger partial charge in [-0.05, 0) is 49.3 Å². The predicted molar refractivity (Wildman–Crippen MR) is 91.9 cm³/mol. The Morgan fingerprint density at radius 1 is 1.26 bits per heavy atom. The van der Waals surface area contributed by atoms with Crippen LogP contribution in [0.1, 0.15) is 31.2 Å². The van der Waals surface area contributed by atoms with E-state index in [-0.39, 0.29) is 11.1 Å². The van der Waals surface area contributed by atoms with Gasteiger partial charge in [-0.15, -0.1) is 0 Å². The lowest BCUT2D eigenvalue weighted by molar-refractivity contribution is 0.385. The summed E-state index contributed by atoms with van der Waals surface area (Å²) in [5.41, 5.74) is 3.08. The molecule has 2 N–H and O–H groups in total. The third-order valence-electron chi connectivity index (χ3n) is 5.48. The number of nitrogens with one attached hydrogen (secondary N) is 2. The Labute approximate surface area is 134 Å². The molecule has 2 fully saturated rings. The van der Waals surface area contributed by atoms with Crippen molar-refractivity contribution in [2.24, 2.45) is 5.41 Å². The molecule has 0 unspecified atom stereocenters. The third kappa shape index (κ3) is 2.26. The molecule has 0 radical (unpaired) electrons. The van der Waals surface area contributed by atoms with E-state index in [2.05, 4.69) is 21.3 Å². The minimum absolute atomic E-state index is 0.234. The van der Waals surface area contributed by atoms with Crippen molar-refractivity contribution >= 4 is 22.3 Å². The number of pyridine rings is 1. The SMILES string of the molecule is CNc1ccc2[nH]c(=O)c(C#N)c(N3CCC4(CC3)CC4)c2c1. The summed E-state index contributed by atoms with van der Waals surface area (Å²) >= 11 is 0. The molecule has 1 saturated heterocycles. The average molecular weight is 308 g/mol. The van der Waals surface area contributed by atoms with E-state index in [1.54, 1.807) is 0 Å². The number of H-pyrrole nitrogens is 1. The molecule has 1 aliphatic carbocycles. The van der Waals surface area contributed by atoms with Crippen molar-refractivity contribution in [3.8, 4) is 6.07 Å². The minimum Gasteiger partial charge on any atom is -0.388 e. The number of aromatic amines is 1. The zero-order valence-corrected chi connectivity index (χ0v) is 13.3. The molecular weight excluding hydrogens is 288 g/mol. The molecule has 0 amide bonds. The summed E-state index contributed by atoms with van der Waals surface area (Å²) in [4.78, 5) is 17.4. The van der Waals surface area contributed by atoms with Gasteiger partial charge in [0, 0.05) is 31.2 Å². The van der Waals surface area contributed by atoms with Gasteiger partial charge in [0.05, 0.1) is 11.2 Å². The summed E-state index contributed by atoms with van der Waals surface area (Å²) in [6.07, 6.45) is 5.01.